The molecular weight excluding hydrogens is 292 g/mol. The van der Waals surface area contributed by atoms with Crippen LogP contribution in [0.1, 0.15) is 18.9 Å². The van der Waals surface area contributed by atoms with Crippen molar-refractivity contribution in [1.29, 1.82) is 0 Å². The van der Waals surface area contributed by atoms with Crippen LogP contribution >= 0.6 is 15.2 Å². The van der Waals surface area contributed by atoms with Gasteiger partial charge in [-0.15, -0.1) is 0 Å². The summed E-state index contributed by atoms with van der Waals surface area (Å²) in [5.74, 6) is 0. The van der Waals surface area contributed by atoms with Gasteiger partial charge in [0.25, 0.3) is 0 Å². The Labute approximate surface area is 111 Å². The van der Waals surface area contributed by atoms with Crippen molar-refractivity contribution in [3.63, 3.8) is 0 Å². The predicted octanol–water partition coefficient (Wildman–Crippen LogP) is -0.0239. The summed E-state index contributed by atoms with van der Waals surface area (Å²) in [6, 6.07) is 3.50. The summed E-state index contributed by atoms with van der Waals surface area (Å²) in [7, 11) is -10.1. The van der Waals surface area contributed by atoms with Crippen LogP contribution in [0.5, 0.6) is 0 Å². The third kappa shape index (κ3) is 5.15. The van der Waals surface area contributed by atoms with Gasteiger partial charge in [0.05, 0.1) is 0 Å². The van der Waals surface area contributed by atoms with Gasteiger partial charge in [-0.1, -0.05) is 13.3 Å². The van der Waals surface area contributed by atoms with Crippen molar-refractivity contribution in [2.45, 2.75) is 31.7 Å². The van der Waals surface area contributed by atoms with Crippen LogP contribution in [0.3, 0.4) is 0 Å². The Morgan fingerprint density at radius 2 is 2.00 bits per heavy atom. The quantitative estimate of drug-likeness (QED) is 0.501. The zero-order chi connectivity index (χ0) is 14.7. The predicted molar refractivity (Wildman–Crippen MR) is 66.3 cm³/mol. The molecular formula is C10H17NO6P2. The molecule has 0 amide bonds. The van der Waals surface area contributed by atoms with Gasteiger partial charge in [-0.3, -0.25) is 4.57 Å². The fourth-order valence-electron chi connectivity index (χ4n) is 1.71. The summed E-state index contributed by atoms with van der Waals surface area (Å²) in [5.41, 5.74) is 0.924. The molecule has 9 heteroatoms. The number of rotatable bonds is 6. The Morgan fingerprint density at radius 3 is 2.47 bits per heavy atom. The Morgan fingerprint density at radius 1 is 1.37 bits per heavy atom. The van der Waals surface area contributed by atoms with Crippen LogP contribution in [0.2, 0.25) is 0 Å². The third-order valence-electron chi connectivity index (χ3n) is 2.60. The van der Waals surface area contributed by atoms with E-state index in [1.807, 2.05) is 13.0 Å². The number of aromatic nitrogens is 1. The van der Waals surface area contributed by atoms with Crippen LogP contribution in [0, 0.1) is 0 Å². The van der Waals surface area contributed by atoms with E-state index in [-0.39, 0.29) is 0 Å². The average molecular weight is 309 g/mol. The van der Waals surface area contributed by atoms with Gasteiger partial charge in [-0.05, 0) is 12.5 Å². The minimum atomic E-state index is -5.13. The van der Waals surface area contributed by atoms with Crippen LogP contribution in [-0.2, 0) is 22.1 Å². The normalized spacial score (nSPS) is 16.9. The van der Waals surface area contributed by atoms with Crippen LogP contribution in [0.25, 0.3) is 0 Å². The molecule has 7 nitrogen and oxygen atoms in total. The van der Waals surface area contributed by atoms with Gasteiger partial charge in [0.2, 0.25) is 0 Å². The topological polar surface area (TPSA) is 122 Å². The minimum Gasteiger partial charge on any atom is -0.778 e. The van der Waals surface area contributed by atoms with Crippen molar-refractivity contribution < 1.29 is 33.3 Å². The molecule has 0 bridgehead atoms. The average Bonchev–Trinajstić information content (AvgIpc) is 2.24. The molecule has 0 saturated carbocycles. The first-order valence-corrected chi connectivity index (χ1v) is 9.04. The van der Waals surface area contributed by atoms with Gasteiger partial charge in [-0.2, -0.15) is 0 Å². The second kappa shape index (κ2) is 6.27. The molecule has 19 heavy (non-hydrogen) atoms. The smallest absolute Gasteiger partial charge is 0.343 e. The highest BCUT2D eigenvalue weighted by molar-refractivity contribution is 7.70. The van der Waals surface area contributed by atoms with Crippen molar-refractivity contribution >= 4 is 15.2 Å². The highest BCUT2D eigenvalue weighted by atomic mass is 31.2. The van der Waals surface area contributed by atoms with E-state index < -0.39 is 27.1 Å². The molecule has 1 rings (SSSR count). The number of hydrogen-bond donors (Lipinski definition) is 3. The monoisotopic (exact) mass is 309 g/mol. The molecule has 3 N–H and O–H groups in total. The molecule has 108 valence electrons. The lowest BCUT2D eigenvalue weighted by Gasteiger charge is -2.25. The maximum Gasteiger partial charge on any atom is 0.343 e. The van der Waals surface area contributed by atoms with Crippen molar-refractivity contribution in [2.75, 3.05) is 0 Å². The first-order valence-electron chi connectivity index (χ1n) is 5.71. The molecule has 2 unspecified atom stereocenters. The molecule has 1 aromatic heterocycles. The van der Waals surface area contributed by atoms with Gasteiger partial charge < -0.3 is 24.1 Å². The van der Waals surface area contributed by atoms with E-state index in [0.29, 0.717) is 0 Å². The first kappa shape index (κ1) is 16.5. The van der Waals surface area contributed by atoms with Gasteiger partial charge in [0, 0.05) is 11.6 Å². The Bertz CT molecular complexity index is 501. The summed E-state index contributed by atoms with van der Waals surface area (Å²) in [6.45, 7) is 1.49. The minimum absolute atomic E-state index is 0.487. The molecule has 2 atom stereocenters. The summed E-state index contributed by atoms with van der Waals surface area (Å²) in [5, 5.41) is -2.12. The zero-order valence-electron chi connectivity index (χ0n) is 10.4. The Hall–Kier alpha value is -0.550. The molecule has 0 aliphatic rings. The van der Waals surface area contributed by atoms with Gasteiger partial charge in [-0.25, -0.2) is 4.57 Å². The molecule has 0 aromatic carbocycles. The first-order chi connectivity index (χ1) is 8.64. The largest absolute Gasteiger partial charge is 0.778 e. The molecule has 0 spiro atoms. The Balaban J connectivity index is 3.01. The summed E-state index contributed by atoms with van der Waals surface area (Å²) in [6.07, 6.45) is 4.78. The van der Waals surface area contributed by atoms with E-state index in [9.17, 15) is 14.0 Å². The molecule has 0 aliphatic heterocycles. The number of nitrogens with zero attached hydrogens (tertiary/aromatic N) is 1. The van der Waals surface area contributed by atoms with Crippen molar-refractivity contribution in [3.8, 4) is 0 Å². The van der Waals surface area contributed by atoms with Crippen LogP contribution in [-0.4, -0.2) is 20.1 Å². The lowest BCUT2D eigenvalue weighted by atomic mass is 10.2. The number of hydrogen-bond acceptors (Lipinski definition) is 3. The lowest BCUT2D eigenvalue weighted by Crippen LogP contribution is -2.40. The second-order valence-electron chi connectivity index (χ2n) is 4.29. The molecule has 0 saturated heterocycles. The molecule has 0 aliphatic carbocycles. The summed E-state index contributed by atoms with van der Waals surface area (Å²) in [4.78, 5) is 38.0. The van der Waals surface area contributed by atoms with Gasteiger partial charge in [0.1, 0.15) is 0 Å². The number of aryl methyl sites for hydroxylation is 1. The maximum atomic E-state index is 11.1. The van der Waals surface area contributed by atoms with E-state index in [1.54, 1.807) is 12.3 Å². The van der Waals surface area contributed by atoms with Crippen molar-refractivity contribution in [2.24, 2.45) is 0 Å². The van der Waals surface area contributed by atoms with Crippen LogP contribution < -0.4 is 9.46 Å². The lowest BCUT2D eigenvalue weighted by molar-refractivity contribution is -0.695. The molecule has 0 radical (unpaired) electrons. The van der Waals surface area contributed by atoms with Crippen LogP contribution in [0.4, 0.5) is 0 Å². The molecule has 0 fully saturated rings. The van der Waals surface area contributed by atoms with E-state index in [0.717, 1.165) is 18.4 Å². The van der Waals surface area contributed by atoms with E-state index in [4.69, 9.17) is 14.7 Å². The highest BCUT2D eigenvalue weighted by Crippen LogP contribution is 2.57. The van der Waals surface area contributed by atoms with E-state index in [1.165, 1.54) is 10.8 Å². The van der Waals surface area contributed by atoms with E-state index >= 15 is 0 Å². The van der Waals surface area contributed by atoms with E-state index in [2.05, 4.69) is 0 Å². The van der Waals surface area contributed by atoms with Gasteiger partial charge >= 0.3 is 7.60 Å². The fraction of sp³-hybridized carbons (Fsp3) is 0.500. The molecule has 1 aromatic rings. The van der Waals surface area contributed by atoms with Gasteiger partial charge in [0.15, 0.2) is 31.9 Å². The maximum absolute atomic E-state index is 11.1. The van der Waals surface area contributed by atoms with Crippen molar-refractivity contribution in [1.82, 2.24) is 0 Å². The fourth-order valence-corrected chi connectivity index (χ4v) is 4.03. The summed E-state index contributed by atoms with van der Waals surface area (Å²) >= 11 is 0. The second-order valence-corrected chi connectivity index (χ2v) is 8.25. The zero-order valence-corrected chi connectivity index (χ0v) is 12.2. The van der Waals surface area contributed by atoms with Crippen molar-refractivity contribution in [3.05, 3.63) is 30.1 Å². The Kier molecular flexibility index (Phi) is 5.44. The molecule has 1 heterocycles. The number of pyridine rings is 1. The summed E-state index contributed by atoms with van der Waals surface area (Å²) < 4.78 is 23.6. The third-order valence-corrected chi connectivity index (χ3v) is 6.23. The standard InChI is InChI=1S/C10H17NO6P2/c1-2-4-9-5-3-6-11(7-9)8-10(18(12,13)14)19(15,16)17/h3,5-7,10H,2,4,8H2,1H3,(H3-,12,13,14,15,16,17). The van der Waals surface area contributed by atoms with Crippen LogP contribution in [0.15, 0.2) is 24.5 Å². The highest BCUT2D eigenvalue weighted by Gasteiger charge is 2.40. The SMILES string of the molecule is CCCc1ccc[n+](CC(P(=O)([O-])O)P(=O)(O)O)c1.